The summed E-state index contributed by atoms with van der Waals surface area (Å²) in [7, 11) is 1.61. The van der Waals surface area contributed by atoms with Crippen molar-refractivity contribution >= 4 is 11.8 Å². The van der Waals surface area contributed by atoms with Gasteiger partial charge in [0.15, 0.2) is 5.54 Å². The zero-order chi connectivity index (χ0) is 17.0. The summed E-state index contributed by atoms with van der Waals surface area (Å²) in [6, 6.07) is 0. The molecule has 2 fully saturated rings. The molecule has 0 bridgehead atoms. The molecule has 0 spiro atoms. The van der Waals surface area contributed by atoms with Gasteiger partial charge in [-0.1, -0.05) is 19.3 Å². The van der Waals surface area contributed by atoms with Gasteiger partial charge < -0.3 is 10.2 Å². The van der Waals surface area contributed by atoms with Gasteiger partial charge in [-0.2, -0.15) is 0 Å². The molecule has 1 N–H and O–H groups in total. The van der Waals surface area contributed by atoms with E-state index in [-0.39, 0.29) is 11.8 Å². The van der Waals surface area contributed by atoms with Crippen LogP contribution in [0.2, 0.25) is 0 Å². The Hall–Kier alpha value is -1.98. The Morgan fingerprint density at radius 2 is 2.04 bits per heavy atom. The van der Waals surface area contributed by atoms with Gasteiger partial charge in [0.1, 0.15) is 0 Å². The summed E-state index contributed by atoms with van der Waals surface area (Å²) < 4.78 is 0. The van der Waals surface area contributed by atoms with E-state index < -0.39 is 5.54 Å². The Labute approximate surface area is 143 Å². The summed E-state index contributed by atoms with van der Waals surface area (Å²) in [6.07, 6.45) is 12.7. The van der Waals surface area contributed by atoms with Crippen molar-refractivity contribution in [3.8, 4) is 0 Å². The third-order valence-corrected chi connectivity index (χ3v) is 5.46. The molecule has 0 unspecified atom stereocenters. The minimum absolute atomic E-state index is 0.0775. The van der Waals surface area contributed by atoms with Crippen molar-refractivity contribution in [1.82, 2.24) is 20.2 Å². The second-order valence-electron chi connectivity index (χ2n) is 6.89. The fourth-order valence-corrected chi connectivity index (χ4v) is 4.24. The normalized spacial score (nSPS) is 24.8. The van der Waals surface area contributed by atoms with Crippen LogP contribution in [0.5, 0.6) is 0 Å². The van der Waals surface area contributed by atoms with E-state index in [1.165, 1.54) is 19.3 Å². The summed E-state index contributed by atoms with van der Waals surface area (Å²) >= 11 is 0. The lowest BCUT2D eigenvalue weighted by molar-refractivity contribution is -0.146. The smallest absolute Gasteiger partial charge is 0.252 e. The number of carbonyl (C=O) groups is 2. The molecule has 6 nitrogen and oxygen atoms in total. The van der Waals surface area contributed by atoms with Crippen molar-refractivity contribution in [3.63, 3.8) is 0 Å². The number of carbonyl (C=O) groups excluding carboxylic acids is 2. The summed E-state index contributed by atoms with van der Waals surface area (Å²) in [6.45, 7) is 0.607. The molecule has 0 aromatic carbocycles. The first-order valence-electron chi connectivity index (χ1n) is 8.97. The van der Waals surface area contributed by atoms with E-state index in [4.69, 9.17) is 0 Å². The number of likely N-dealkylation sites (N-methyl/N-ethyl adjacent to an activating group) is 1. The molecule has 1 aromatic heterocycles. The molecule has 2 aliphatic rings. The molecule has 6 heteroatoms. The highest BCUT2D eigenvalue weighted by molar-refractivity contribution is 5.92. The van der Waals surface area contributed by atoms with E-state index in [2.05, 4.69) is 15.3 Å². The number of likely N-dealkylation sites (tertiary alicyclic amines) is 1. The van der Waals surface area contributed by atoms with Gasteiger partial charge in [-0.25, -0.2) is 0 Å². The van der Waals surface area contributed by atoms with Gasteiger partial charge in [-0.05, 0) is 31.6 Å². The van der Waals surface area contributed by atoms with E-state index >= 15 is 0 Å². The number of rotatable bonds is 4. The number of amides is 2. The van der Waals surface area contributed by atoms with Gasteiger partial charge in [0.25, 0.3) is 5.91 Å². The highest BCUT2D eigenvalue weighted by Crippen LogP contribution is 2.39. The first-order chi connectivity index (χ1) is 11.7. The summed E-state index contributed by atoms with van der Waals surface area (Å²) in [5.74, 6) is 0.363. The maximum Gasteiger partial charge on any atom is 0.252 e. The number of hydrogen-bond donors (Lipinski definition) is 1. The number of aromatic nitrogens is 2. The summed E-state index contributed by atoms with van der Waals surface area (Å²) in [5, 5.41) is 2.73. The molecule has 130 valence electrons. The van der Waals surface area contributed by atoms with Crippen LogP contribution in [-0.2, 0) is 15.1 Å². The predicted molar refractivity (Wildman–Crippen MR) is 89.9 cm³/mol. The Morgan fingerprint density at radius 3 is 2.71 bits per heavy atom. The molecule has 1 atom stereocenters. The fraction of sp³-hybridized carbons (Fsp3) is 0.667. The molecule has 3 rings (SSSR count). The van der Waals surface area contributed by atoms with Gasteiger partial charge in [0.05, 0.1) is 11.9 Å². The second-order valence-corrected chi connectivity index (χ2v) is 6.89. The Balaban J connectivity index is 1.87. The van der Waals surface area contributed by atoms with Crippen molar-refractivity contribution in [3.05, 3.63) is 24.3 Å². The van der Waals surface area contributed by atoms with E-state index in [1.807, 2.05) is 0 Å². The number of hydrogen-bond acceptors (Lipinski definition) is 4. The highest BCUT2D eigenvalue weighted by atomic mass is 16.2. The summed E-state index contributed by atoms with van der Waals surface area (Å²) in [5.41, 5.74) is -0.437. The molecule has 1 aliphatic heterocycles. The zero-order valence-electron chi connectivity index (χ0n) is 14.3. The molecule has 1 aliphatic carbocycles. The van der Waals surface area contributed by atoms with Crippen LogP contribution in [0.4, 0.5) is 0 Å². The van der Waals surface area contributed by atoms with E-state index in [1.54, 1.807) is 30.5 Å². The average molecular weight is 330 g/mol. The Kier molecular flexibility index (Phi) is 5.11. The van der Waals surface area contributed by atoms with Crippen molar-refractivity contribution in [2.75, 3.05) is 13.6 Å². The van der Waals surface area contributed by atoms with Crippen LogP contribution in [-0.4, -0.2) is 40.3 Å². The van der Waals surface area contributed by atoms with Crippen LogP contribution in [0.25, 0.3) is 0 Å². The minimum atomic E-state index is -1.01. The lowest BCUT2D eigenvalue weighted by atomic mass is 9.85. The van der Waals surface area contributed by atoms with Crippen LogP contribution in [0.1, 0.15) is 57.1 Å². The van der Waals surface area contributed by atoms with Crippen LogP contribution in [0, 0.1) is 5.92 Å². The second kappa shape index (κ2) is 7.28. The van der Waals surface area contributed by atoms with Gasteiger partial charge >= 0.3 is 0 Å². The van der Waals surface area contributed by atoms with Gasteiger partial charge in [-0.15, -0.1) is 0 Å². The third kappa shape index (κ3) is 3.01. The Morgan fingerprint density at radius 1 is 1.25 bits per heavy atom. The Bertz CT molecular complexity index is 586. The highest BCUT2D eigenvalue weighted by Gasteiger charge is 2.52. The van der Waals surface area contributed by atoms with Crippen molar-refractivity contribution in [1.29, 1.82) is 0 Å². The zero-order valence-corrected chi connectivity index (χ0v) is 14.3. The maximum atomic E-state index is 13.0. The van der Waals surface area contributed by atoms with Crippen molar-refractivity contribution < 1.29 is 9.59 Å². The van der Waals surface area contributed by atoms with E-state index in [0.29, 0.717) is 31.0 Å². The van der Waals surface area contributed by atoms with E-state index in [0.717, 1.165) is 19.3 Å². The van der Waals surface area contributed by atoms with Crippen molar-refractivity contribution in [2.45, 2.75) is 56.9 Å². The topological polar surface area (TPSA) is 75.2 Å². The predicted octanol–water partition coefficient (Wildman–Crippen LogP) is 2.01. The number of nitrogens with zero attached hydrogens (tertiary/aromatic N) is 3. The quantitative estimate of drug-likeness (QED) is 0.916. The average Bonchev–Trinajstić information content (AvgIpc) is 3.09. The monoisotopic (exact) mass is 330 g/mol. The van der Waals surface area contributed by atoms with Crippen molar-refractivity contribution in [2.24, 2.45) is 5.92 Å². The molecule has 24 heavy (non-hydrogen) atoms. The molecule has 2 heterocycles. The largest absolute Gasteiger partial charge is 0.357 e. The summed E-state index contributed by atoms with van der Waals surface area (Å²) in [4.78, 5) is 36.0. The third-order valence-electron chi connectivity index (χ3n) is 5.46. The molecular weight excluding hydrogens is 304 g/mol. The molecule has 1 saturated heterocycles. The first kappa shape index (κ1) is 16.9. The van der Waals surface area contributed by atoms with Crippen LogP contribution < -0.4 is 5.32 Å². The molecule has 2 amide bonds. The van der Waals surface area contributed by atoms with Crippen LogP contribution in [0.15, 0.2) is 18.6 Å². The lowest BCUT2D eigenvalue weighted by Gasteiger charge is -2.37. The molecule has 0 radical (unpaired) electrons. The van der Waals surface area contributed by atoms with Gasteiger partial charge in [-0.3, -0.25) is 19.6 Å². The van der Waals surface area contributed by atoms with Gasteiger partial charge in [0, 0.05) is 32.4 Å². The maximum absolute atomic E-state index is 13.0. The van der Waals surface area contributed by atoms with Gasteiger partial charge in [0.2, 0.25) is 5.91 Å². The molecule has 1 saturated carbocycles. The SMILES string of the molecule is CNC(=O)[C@@]1(c2cnccn2)CCCN1C(=O)CC1CCCCC1. The molecular formula is C18H26N4O2. The number of nitrogens with one attached hydrogen (secondary N) is 1. The lowest BCUT2D eigenvalue weighted by Crippen LogP contribution is -2.55. The minimum Gasteiger partial charge on any atom is -0.357 e. The molecule has 1 aromatic rings. The van der Waals surface area contributed by atoms with Crippen LogP contribution >= 0.6 is 0 Å². The standard InChI is InChI=1S/C18H26N4O2/c1-19-17(24)18(15-13-20-9-10-21-15)8-5-11-22(18)16(23)12-14-6-3-2-4-7-14/h9-10,13-14H,2-8,11-12H2,1H3,(H,19,24)/t18-/m0/s1. The van der Waals surface area contributed by atoms with E-state index in [9.17, 15) is 9.59 Å². The first-order valence-corrected chi connectivity index (χ1v) is 8.97. The fourth-order valence-electron chi connectivity index (χ4n) is 4.24. The van der Waals surface area contributed by atoms with Crippen LogP contribution in [0.3, 0.4) is 0 Å².